The molecule has 0 unspecified atom stereocenters. The van der Waals surface area contributed by atoms with Crippen molar-refractivity contribution < 1.29 is 19.1 Å². The van der Waals surface area contributed by atoms with Gasteiger partial charge >= 0.3 is 5.97 Å². The van der Waals surface area contributed by atoms with E-state index >= 15 is 0 Å². The van der Waals surface area contributed by atoms with E-state index in [1.54, 1.807) is 29.2 Å². The van der Waals surface area contributed by atoms with Crippen LogP contribution < -0.4 is 10.2 Å². The molecule has 0 fully saturated rings. The van der Waals surface area contributed by atoms with Gasteiger partial charge in [0.1, 0.15) is 0 Å². The monoisotopic (exact) mass is 380 g/mol. The van der Waals surface area contributed by atoms with E-state index in [4.69, 9.17) is 4.74 Å². The minimum Gasteiger partial charge on any atom is -0.452 e. The topological polar surface area (TPSA) is 75.7 Å². The summed E-state index contributed by atoms with van der Waals surface area (Å²) in [4.78, 5) is 38.1. The third-order valence-electron chi connectivity index (χ3n) is 4.68. The fraction of sp³-hybridized carbons (Fsp3) is 0.318. The zero-order chi connectivity index (χ0) is 20.1. The van der Waals surface area contributed by atoms with Crippen LogP contribution in [0.15, 0.2) is 48.5 Å². The molecule has 1 N–H and O–H groups in total. The van der Waals surface area contributed by atoms with Crippen molar-refractivity contribution in [3.8, 4) is 0 Å². The lowest BCUT2D eigenvalue weighted by atomic mass is 10.1. The van der Waals surface area contributed by atoms with Gasteiger partial charge in [0.05, 0.1) is 5.56 Å². The molecule has 0 saturated heterocycles. The van der Waals surface area contributed by atoms with Gasteiger partial charge in [-0.2, -0.15) is 0 Å². The molecule has 2 amide bonds. The number of carbonyl (C=O) groups is 3. The number of esters is 1. The van der Waals surface area contributed by atoms with Crippen LogP contribution in [0.5, 0.6) is 0 Å². The zero-order valence-corrected chi connectivity index (χ0v) is 16.1. The number of nitrogens with zero attached hydrogens (tertiary/aromatic N) is 1. The Labute approximate surface area is 164 Å². The summed E-state index contributed by atoms with van der Waals surface area (Å²) >= 11 is 0. The number of hydrogen-bond acceptors (Lipinski definition) is 4. The Balaban J connectivity index is 1.57. The standard InChI is InChI=1S/C22H24N2O4/c1-3-6-20(25)23-18-11-9-16(10-12-18)22(27)28-14-21(26)24-15(2)13-17-7-4-5-8-19(17)24/h4-5,7-12,15H,3,6,13-14H2,1-2H3,(H,23,25)/t15-/m1/s1. The van der Waals surface area contributed by atoms with Crippen molar-refractivity contribution in [2.45, 2.75) is 39.2 Å². The Bertz CT molecular complexity index is 876. The van der Waals surface area contributed by atoms with Crippen molar-refractivity contribution in [3.63, 3.8) is 0 Å². The van der Waals surface area contributed by atoms with E-state index in [2.05, 4.69) is 5.32 Å². The third-order valence-corrected chi connectivity index (χ3v) is 4.68. The Kier molecular flexibility index (Phi) is 6.09. The highest BCUT2D eigenvalue weighted by Crippen LogP contribution is 2.31. The predicted molar refractivity (Wildman–Crippen MR) is 107 cm³/mol. The van der Waals surface area contributed by atoms with Gasteiger partial charge in [0.25, 0.3) is 5.91 Å². The van der Waals surface area contributed by atoms with E-state index in [-0.39, 0.29) is 24.5 Å². The number of hydrogen-bond donors (Lipinski definition) is 1. The second-order valence-electron chi connectivity index (χ2n) is 6.90. The van der Waals surface area contributed by atoms with Gasteiger partial charge in [-0.15, -0.1) is 0 Å². The first-order chi connectivity index (χ1) is 13.5. The lowest BCUT2D eigenvalue weighted by molar-refractivity contribution is -0.122. The van der Waals surface area contributed by atoms with Crippen molar-refractivity contribution in [1.82, 2.24) is 0 Å². The number of carbonyl (C=O) groups excluding carboxylic acids is 3. The summed E-state index contributed by atoms with van der Waals surface area (Å²) in [6.45, 7) is 3.60. The number of benzene rings is 2. The molecule has 3 rings (SSSR count). The van der Waals surface area contributed by atoms with Crippen LogP contribution in [0.1, 0.15) is 42.6 Å². The largest absolute Gasteiger partial charge is 0.452 e. The van der Waals surface area contributed by atoms with Crippen LogP contribution >= 0.6 is 0 Å². The number of fused-ring (bicyclic) bond motifs is 1. The summed E-state index contributed by atoms with van der Waals surface area (Å²) < 4.78 is 5.21. The Morgan fingerprint density at radius 2 is 1.82 bits per heavy atom. The van der Waals surface area contributed by atoms with Gasteiger partial charge in [-0.05, 0) is 55.7 Å². The van der Waals surface area contributed by atoms with Crippen molar-refractivity contribution in [1.29, 1.82) is 0 Å². The first kappa shape index (κ1) is 19.6. The normalized spacial score (nSPS) is 15.1. The average Bonchev–Trinajstić information content (AvgIpc) is 3.02. The van der Waals surface area contributed by atoms with E-state index in [1.807, 2.05) is 38.1 Å². The molecule has 146 valence electrons. The highest BCUT2D eigenvalue weighted by molar-refractivity contribution is 5.99. The van der Waals surface area contributed by atoms with Gasteiger partial charge in [-0.1, -0.05) is 25.1 Å². The number of rotatable bonds is 6. The van der Waals surface area contributed by atoms with Crippen molar-refractivity contribution in [2.24, 2.45) is 0 Å². The maximum Gasteiger partial charge on any atom is 0.338 e. The Hall–Kier alpha value is -3.15. The minimum atomic E-state index is -0.570. The van der Waals surface area contributed by atoms with Gasteiger partial charge < -0.3 is 15.0 Å². The minimum absolute atomic E-state index is 0.0367. The number of amides is 2. The number of para-hydroxylation sites is 1. The molecule has 2 aromatic carbocycles. The number of nitrogens with one attached hydrogen (secondary N) is 1. The lowest BCUT2D eigenvalue weighted by Crippen LogP contribution is -2.38. The highest BCUT2D eigenvalue weighted by Gasteiger charge is 2.31. The van der Waals surface area contributed by atoms with Crippen molar-refractivity contribution in [2.75, 3.05) is 16.8 Å². The van der Waals surface area contributed by atoms with E-state index < -0.39 is 5.97 Å². The molecule has 0 saturated carbocycles. The second-order valence-corrected chi connectivity index (χ2v) is 6.90. The van der Waals surface area contributed by atoms with E-state index in [0.717, 1.165) is 24.1 Å². The van der Waals surface area contributed by atoms with Gasteiger partial charge in [0, 0.05) is 23.8 Å². The van der Waals surface area contributed by atoms with Crippen molar-refractivity contribution >= 4 is 29.2 Å². The molecule has 28 heavy (non-hydrogen) atoms. The van der Waals surface area contributed by atoms with E-state index in [1.165, 1.54) is 0 Å². The van der Waals surface area contributed by atoms with Crippen LogP contribution in [0.4, 0.5) is 11.4 Å². The molecule has 6 heteroatoms. The molecule has 1 heterocycles. The zero-order valence-electron chi connectivity index (χ0n) is 16.1. The fourth-order valence-electron chi connectivity index (χ4n) is 3.37. The molecule has 0 bridgehead atoms. The maximum absolute atomic E-state index is 12.6. The average molecular weight is 380 g/mol. The van der Waals surface area contributed by atoms with E-state index in [0.29, 0.717) is 17.7 Å². The molecular formula is C22H24N2O4. The summed E-state index contributed by atoms with van der Waals surface area (Å²) in [7, 11) is 0. The molecule has 6 nitrogen and oxygen atoms in total. The van der Waals surface area contributed by atoms with Gasteiger partial charge in [0.2, 0.25) is 5.91 Å². The summed E-state index contributed by atoms with van der Waals surface area (Å²) in [6, 6.07) is 14.2. The van der Waals surface area contributed by atoms with Crippen LogP contribution in [-0.2, 0) is 20.7 Å². The highest BCUT2D eigenvalue weighted by atomic mass is 16.5. The lowest BCUT2D eigenvalue weighted by Gasteiger charge is -2.22. The Morgan fingerprint density at radius 1 is 1.11 bits per heavy atom. The molecule has 0 spiro atoms. The van der Waals surface area contributed by atoms with Crippen LogP contribution in [0.2, 0.25) is 0 Å². The quantitative estimate of drug-likeness (QED) is 0.778. The molecule has 0 aliphatic carbocycles. The molecule has 2 aromatic rings. The van der Waals surface area contributed by atoms with E-state index in [9.17, 15) is 14.4 Å². The van der Waals surface area contributed by atoms with Crippen LogP contribution in [0.25, 0.3) is 0 Å². The molecule has 0 aromatic heterocycles. The van der Waals surface area contributed by atoms with Crippen LogP contribution in [0.3, 0.4) is 0 Å². The molecule has 0 radical (unpaired) electrons. The fourth-order valence-corrected chi connectivity index (χ4v) is 3.37. The number of ether oxygens (including phenoxy) is 1. The first-order valence-corrected chi connectivity index (χ1v) is 9.46. The van der Waals surface area contributed by atoms with Crippen LogP contribution in [-0.4, -0.2) is 30.4 Å². The molecular weight excluding hydrogens is 356 g/mol. The Morgan fingerprint density at radius 3 is 2.54 bits per heavy atom. The summed E-state index contributed by atoms with van der Waals surface area (Å²) in [5.41, 5.74) is 2.95. The maximum atomic E-state index is 12.6. The summed E-state index contributed by atoms with van der Waals surface area (Å²) in [6.07, 6.45) is 2.01. The summed E-state index contributed by atoms with van der Waals surface area (Å²) in [5, 5.41) is 2.76. The van der Waals surface area contributed by atoms with Crippen LogP contribution in [0, 0.1) is 0 Å². The predicted octanol–water partition coefficient (Wildman–Crippen LogP) is 3.56. The first-order valence-electron chi connectivity index (χ1n) is 9.46. The summed E-state index contributed by atoms with van der Waals surface area (Å²) in [5.74, 6) is -0.877. The van der Waals surface area contributed by atoms with Gasteiger partial charge in [-0.25, -0.2) is 4.79 Å². The third kappa shape index (κ3) is 4.39. The SMILES string of the molecule is CCCC(=O)Nc1ccc(C(=O)OCC(=O)N2c3ccccc3C[C@H]2C)cc1. The molecule has 1 atom stereocenters. The molecule has 1 aliphatic heterocycles. The van der Waals surface area contributed by atoms with Crippen molar-refractivity contribution in [3.05, 3.63) is 59.7 Å². The smallest absolute Gasteiger partial charge is 0.338 e. The second kappa shape index (κ2) is 8.69. The van der Waals surface area contributed by atoms with Gasteiger partial charge in [-0.3, -0.25) is 9.59 Å². The molecule has 1 aliphatic rings. The number of anilines is 2. The van der Waals surface area contributed by atoms with Gasteiger partial charge in [0.15, 0.2) is 6.61 Å².